The van der Waals surface area contributed by atoms with Crippen molar-refractivity contribution < 1.29 is 27.5 Å². The number of nitrogens with one attached hydrogen (secondary N) is 1. The van der Waals surface area contributed by atoms with E-state index in [1.54, 1.807) is 17.9 Å². The number of benzene rings is 1. The van der Waals surface area contributed by atoms with Crippen molar-refractivity contribution in [3.05, 3.63) is 18.2 Å². The molecule has 0 unspecified atom stereocenters. The van der Waals surface area contributed by atoms with Crippen molar-refractivity contribution in [1.29, 1.82) is 0 Å². The number of hydrogen-bond acceptors (Lipinski definition) is 7. The van der Waals surface area contributed by atoms with Gasteiger partial charge in [0.1, 0.15) is 5.75 Å². The molecule has 1 saturated heterocycles. The van der Waals surface area contributed by atoms with E-state index in [1.165, 1.54) is 16.4 Å². The van der Waals surface area contributed by atoms with Gasteiger partial charge in [-0.2, -0.15) is 4.31 Å². The number of ether oxygens (including phenoxy) is 2. The van der Waals surface area contributed by atoms with Crippen LogP contribution in [-0.2, 0) is 24.3 Å². The molecule has 0 bridgehead atoms. The Kier molecular flexibility index (Phi) is 9.32. The molecule has 1 aliphatic carbocycles. The molecular weight excluding hydrogens is 458 g/mol. The molecule has 1 heterocycles. The first-order valence-electron chi connectivity index (χ1n) is 12.2. The summed E-state index contributed by atoms with van der Waals surface area (Å²) in [6, 6.07) is 4.58. The number of nitrogens with zero attached hydrogens (tertiary/aromatic N) is 2. The zero-order valence-electron chi connectivity index (χ0n) is 20.4. The van der Waals surface area contributed by atoms with Gasteiger partial charge in [0.2, 0.25) is 15.9 Å². The lowest BCUT2D eigenvalue weighted by atomic mass is 10.2. The molecule has 10 heteroatoms. The third-order valence-electron chi connectivity index (χ3n) is 5.78. The van der Waals surface area contributed by atoms with Gasteiger partial charge in [0.25, 0.3) is 0 Å². The van der Waals surface area contributed by atoms with Crippen LogP contribution < -0.4 is 10.1 Å². The zero-order chi connectivity index (χ0) is 24.7. The number of carbonyl (C=O) groups is 2. The summed E-state index contributed by atoms with van der Waals surface area (Å²) in [5.41, 5.74) is 0.305. The highest BCUT2D eigenvalue weighted by Gasteiger charge is 2.29. The molecule has 1 aromatic rings. The summed E-state index contributed by atoms with van der Waals surface area (Å²) < 4.78 is 38.7. The summed E-state index contributed by atoms with van der Waals surface area (Å²) in [5.74, 6) is 0.181. The molecule has 0 atom stereocenters. The normalized spacial score (nSPS) is 17.1. The Morgan fingerprint density at radius 1 is 1.15 bits per heavy atom. The summed E-state index contributed by atoms with van der Waals surface area (Å²) >= 11 is 0. The second kappa shape index (κ2) is 12.0. The summed E-state index contributed by atoms with van der Waals surface area (Å²) in [6.45, 7) is 7.44. The van der Waals surface area contributed by atoms with Crippen LogP contribution in [0.4, 0.5) is 5.69 Å². The Labute approximate surface area is 202 Å². The molecule has 3 rings (SSSR count). The third-order valence-corrected chi connectivity index (χ3v) is 7.67. The van der Waals surface area contributed by atoms with Crippen LogP contribution in [0.25, 0.3) is 0 Å². The molecule has 0 spiro atoms. The van der Waals surface area contributed by atoms with Gasteiger partial charge in [-0.1, -0.05) is 6.42 Å². The van der Waals surface area contributed by atoms with E-state index in [0.29, 0.717) is 37.0 Å². The Morgan fingerprint density at radius 3 is 2.47 bits per heavy atom. The lowest BCUT2D eigenvalue weighted by Gasteiger charge is -2.26. The summed E-state index contributed by atoms with van der Waals surface area (Å²) in [5, 5.41) is 2.82. The predicted molar refractivity (Wildman–Crippen MR) is 129 cm³/mol. The van der Waals surface area contributed by atoms with Crippen LogP contribution in [0.3, 0.4) is 0 Å². The molecule has 2 fully saturated rings. The molecule has 1 saturated carbocycles. The number of carbonyl (C=O) groups excluding carboxylic acids is 2. The van der Waals surface area contributed by atoms with Gasteiger partial charge in [0.05, 0.1) is 36.4 Å². The molecule has 1 aliphatic heterocycles. The van der Waals surface area contributed by atoms with E-state index >= 15 is 0 Å². The highest BCUT2D eigenvalue weighted by Crippen LogP contribution is 2.32. The topological polar surface area (TPSA) is 105 Å². The van der Waals surface area contributed by atoms with Gasteiger partial charge in [-0.3, -0.25) is 14.5 Å². The molecule has 34 heavy (non-hydrogen) atoms. The maximum absolute atomic E-state index is 13.2. The molecule has 1 amide bonds. The van der Waals surface area contributed by atoms with Gasteiger partial charge in [0, 0.05) is 19.6 Å². The fraction of sp³-hybridized carbons (Fsp3) is 0.667. The number of rotatable bonds is 12. The fourth-order valence-electron chi connectivity index (χ4n) is 4.01. The van der Waals surface area contributed by atoms with Crippen LogP contribution in [0.15, 0.2) is 23.1 Å². The summed E-state index contributed by atoms with van der Waals surface area (Å²) in [7, 11) is -3.66. The van der Waals surface area contributed by atoms with Crippen molar-refractivity contribution in [2.75, 3.05) is 44.6 Å². The van der Waals surface area contributed by atoms with Gasteiger partial charge in [-0.25, -0.2) is 8.42 Å². The van der Waals surface area contributed by atoms with Crippen LogP contribution in [0.2, 0.25) is 0 Å². The van der Waals surface area contributed by atoms with E-state index in [-0.39, 0.29) is 42.6 Å². The number of amides is 1. The van der Waals surface area contributed by atoms with Crippen LogP contribution >= 0.6 is 0 Å². The van der Waals surface area contributed by atoms with Gasteiger partial charge in [-0.15, -0.1) is 0 Å². The molecule has 0 aromatic heterocycles. The molecule has 1 N–H and O–H groups in total. The highest BCUT2D eigenvalue weighted by molar-refractivity contribution is 7.89. The average Bonchev–Trinajstić information content (AvgIpc) is 3.59. The summed E-state index contributed by atoms with van der Waals surface area (Å²) in [6.07, 6.45) is 4.73. The maximum atomic E-state index is 13.2. The monoisotopic (exact) mass is 495 g/mol. The van der Waals surface area contributed by atoms with Gasteiger partial charge < -0.3 is 14.8 Å². The largest absolute Gasteiger partial charge is 0.489 e. The lowest BCUT2D eigenvalue weighted by Crippen LogP contribution is -2.39. The van der Waals surface area contributed by atoms with E-state index in [0.717, 1.165) is 32.1 Å². The standard InChI is InChI=1S/C24H37N3O6S/c1-4-32-24(29)17-26(15-19-8-9-19)16-23(28)25-21-14-20(10-11-22(21)33-18(2)3)34(30,31)27-12-6-5-7-13-27/h10-11,14,18-19H,4-9,12-13,15-17H2,1-3H3,(H,25,28). The minimum atomic E-state index is -3.66. The molecule has 0 radical (unpaired) electrons. The second-order valence-electron chi connectivity index (χ2n) is 9.26. The smallest absolute Gasteiger partial charge is 0.320 e. The first-order valence-corrected chi connectivity index (χ1v) is 13.6. The van der Waals surface area contributed by atoms with E-state index in [9.17, 15) is 18.0 Å². The lowest BCUT2D eigenvalue weighted by molar-refractivity contribution is -0.144. The van der Waals surface area contributed by atoms with Crippen LogP contribution in [0, 0.1) is 5.92 Å². The molecular formula is C24H37N3O6S. The minimum Gasteiger partial charge on any atom is -0.489 e. The zero-order valence-corrected chi connectivity index (χ0v) is 21.2. The van der Waals surface area contributed by atoms with Crippen LogP contribution in [0.5, 0.6) is 5.75 Å². The number of hydrogen-bond donors (Lipinski definition) is 1. The molecule has 190 valence electrons. The SMILES string of the molecule is CCOC(=O)CN(CC(=O)Nc1cc(S(=O)(=O)N2CCCCC2)ccc1OC(C)C)CC1CC1. The van der Waals surface area contributed by atoms with E-state index in [1.807, 2.05) is 13.8 Å². The molecule has 2 aliphatic rings. The van der Waals surface area contributed by atoms with Crippen molar-refractivity contribution >= 4 is 27.6 Å². The molecule has 1 aromatic carbocycles. The Morgan fingerprint density at radius 2 is 1.85 bits per heavy atom. The number of piperidine rings is 1. The Hall–Kier alpha value is -2.17. The predicted octanol–water partition coefficient (Wildman–Crippen LogP) is 2.86. The number of anilines is 1. The van der Waals surface area contributed by atoms with Crippen molar-refractivity contribution in [2.24, 2.45) is 5.92 Å². The van der Waals surface area contributed by atoms with Crippen molar-refractivity contribution in [1.82, 2.24) is 9.21 Å². The first kappa shape index (κ1) is 26.4. The van der Waals surface area contributed by atoms with E-state index in [4.69, 9.17) is 9.47 Å². The average molecular weight is 496 g/mol. The van der Waals surface area contributed by atoms with E-state index in [2.05, 4.69) is 5.32 Å². The fourth-order valence-corrected chi connectivity index (χ4v) is 5.55. The minimum absolute atomic E-state index is 0.000461. The maximum Gasteiger partial charge on any atom is 0.320 e. The molecule has 9 nitrogen and oxygen atoms in total. The summed E-state index contributed by atoms with van der Waals surface area (Å²) in [4.78, 5) is 26.8. The second-order valence-corrected chi connectivity index (χ2v) is 11.2. The Bertz CT molecular complexity index is 955. The third kappa shape index (κ3) is 7.68. The van der Waals surface area contributed by atoms with Crippen LogP contribution in [-0.4, -0.2) is 74.9 Å². The van der Waals surface area contributed by atoms with Crippen molar-refractivity contribution in [2.45, 2.75) is 63.9 Å². The van der Waals surface area contributed by atoms with Gasteiger partial charge in [0.15, 0.2) is 0 Å². The van der Waals surface area contributed by atoms with Gasteiger partial charge >= 0.3 is 5.97 Å². The highest BCUT2D eigenvalue weighted by atomic mass is 32.2. The number of esters is 1. The van der Waals surface area contributed by atoms with Crippen molar-refractivity contribution in [3.63, 3.8) is 0 Å². The quantitative estimate of drug-likeness (QED) is 0.445. The van der Waals surface area contributed by atoms with Gasteiger partial charge in [-0.05, 0) is 70.6 Å². The first-order chi connectivity index (χ1) is 16.2. The number of sulfonamides is 1. The Balaban J connectivity index is 1.77. The van der Waals surface area contributed by atoms with E-state index < -0.39 is 10.0 Å². The van der Waals surface area contributed by atoms with Crippen molar-refractivity contribution in [3.8, 4) is 5.75 Å². The van der Waals surface area contributed by atoms with Crippen LogP contribution in [0.1, 0.15) is 52.9 Å².